The van der Waals surface area contributed by atoms with Crippen LogP contribution < -0.4 is 4.90 Å². The van der Waals surface area contributed by atoms with Gasteiger partial charge in [-0.3, -0.25) is 0 Å². The van der Waals surface area contributed by atoms with Gasteiger partial charge in [-0.15, -0.1) is 0 Å². The summed E-state index contributed by atoms with van der Waals surface area (Å²) in [4.78, 5) is 17.2. The Morgan fingerprint density at radius 2 is 2.10 bits per heavy atom. The van der Waals surface area contributed by atoms with E-state index in [0.29, 0.717) is 0 Å². The second-order valence-corrected chi connectivity index (χ2v) is 5.24. The molecule has 20 heavy (non-hydrogen) atoms. The lowest BCUT2D eigenvalue weighted by Crippen LogP contribution is -2.46. The number of morpholine rings is 1. The molecule has 5 heteroatoms. The summed E-state index contributed by atoms with van der Waals surface area (Å²) in [5.41, 5.74) is 1.84. The molecule has 1 aromatic heterocycles. The second kappa shape index (κ2) is 6.05. The Kier molecular flexibility index (Phi) is 4.39. The number of pyridine rings is 1. The normalized spacial score (nSPS) is 23.2. The molecule has 0 amide bonds. The lowest BCUT2D eigenvalue weighted by atomic mass is 10.1. The Morgan fingerprint density at radius 3 is 2.65 bits per heavy atom. The molecule has 1 aromatic rings. The van der Waals surface area contributed by atoms with Crippen molar-refractivity contribution in [1.29, 1.82) is 0 Å². The Labute approximate surface area is 118 Å². The highest BCUT2D eigenvalue weighted by Gasteiger charge is 2.24. The number of ether oxygens (including phenoxy) is 1. The van der Waals surface area contributed by atoms with Crippen LogP contribution in [0, 0.1) is 6.92 Å². The van der Waals surface area contributed by atoms with Gasteiger partial charge in [0.1, 0.15) is 5.82 Å². The highest BCUT2D eigenvalue weighted by atomic mass is 16.5. The van der Waals surface area contributed by atoms with Crippen LogP contribution in [0.15, 0.2) is 18.3 Å². The van der Waals surface area contributed by atoms with E-state index in [-0.39, 0.29) is 12.2 Å². The van der Waals surface area contributed by atoms with E-state index in [0.717, 1.165) is 36.1 Å². The van der Waals surface area contributed by atoms with E-state index < -0.39 is 5.97 Å². The van der Waals surface area contributed by atoms with Gasteiger partial charge in [0.05, 0.1) is 12.2 Å². The summed E-state index contributed by atoms with van der Waals surface area (Å²) in [6.07, 6.45) is 4.75. The summed E-state index contributed by atoms with van der Waals surface area (Å²) in [5, 5.41) is 8.63. The molecule has 0 spiro atoms. The predicted octanol–water partition coefficient (Wildman–Crippen LogP) is 2.10. The number of aliphatic carboxylic acids is 1. The molecule has 5 nitrogen and oxygen atoms in total. The fraction of sp³-hybridized carbons (Fsp3) is 0.467. The maximum Gasteiger partial charge on any atom is 0.328 e. The van der Waals surface area contributed by atoms with Gasteiger partial charge in [-0.1, -0.05) is 0 Å². The zero-order valence-corrected chi connectivity index (χ0v) is 12.0. The van der Waals surface area contributed by atoms with Crippen molar-refractivity contribution in [2.75, 3.05) is 18.0 Å². The van der Waals surface area contributed by atoms with Crippen LogP contribution >= 0.6 is 0 Å². The van der Waals surface area contributed by atoms with Crippen molar-refractivity contribution in [3.8, 4) is 0 Å². The molecule has 0 aliphatic carbocycles. The van der Waals surface area contributed by atoms with E-state index in [1.807, 2.05) is 13.0 Å². The van der Waals surface area contributed by atoms with Crippen molar-refractivity contribution >= 4 is 17.9 Å². The maximum absolute atomic E-state index is 10.5. The minimum absolute atomic E-state index is 0.187. The molecule has 1 aliphatic heterocycles. The van der Waals surface area contributed by atoms with Crippen LogP contribution in [0.1, 0.15) is 25.0 Å². The topological polar surface area (TPSA) is 62.7 Å². The first-order valence-electron chi connectivity index (χ1n) is 6.73. The van der Waals surface area contributed by atoms with E-state index in [9.17, 15) is 4.79 Å². The van der Waals surface area contributed by atoms with Gasteiger partial charge in [0.15, 0.2) is 0 Å². The molecule has 1 aliphatic rings. The van der Waals surface area contributed by atoms with E-state index in [4.69, 9.17) is 9.84 Å². The van der Waals surface area contributed by atoms with Gasteiger partial charge in [0, 0.05) is 25.4 Å². The number of carbonyl (C=O) groups is 1. The van der Waals surface area contributed by atoms with Gasteiger partial charge < -0.3 is 14.7 Å². The van der Waals surface area contributed by atoms with Crippen molar-refractivity contribution in [2.24, 2.45) is 0 Å². The van der Waals surface area contributed by atoms with E-state index in [1.165, 1.54) is 0 Å². The summed E-state index contributed by atoms with van der Waals surface area (Å²) in [6.45, 7) is 7.75. The first-order valence-corrected chi connectivity index (χ1v) is 6.73. The monoisotopic (exact) mass is 276 g/mol. The number of aromatic nitrogens is 1. The van der Waals surface area contributed by atoms with E-state index >= 15 is 0 Å². The number of carboxylic acid groups (broad SMARTS) is 1. The molecule has 1 N–H and O–H groups in total. The average molecular weight is 276 g/mol. The summed E-state index contributed by atoms with van der Waals surface area (Å²) in [5.74, 6) is -0.0120. The minimum Gasteiger partial charge on any atom is -0.478 e. The summed E-state index contributed by atoms with van der Waals surface area (Å²) < 4.78 is 5.72. The fourth-order valence-corrected chi connectivity index (χ4v) is 2.53. The van der Waals surface area contributed by atoms with Crippen LogP contribution in [-0.2, 0) is 9.53 Å². The van der Waals surface area contributed by atoms with Gasteiger partial charge in [-0.2, -0.15) is 0 Å². The zero-order valence-electron chi connectivity index (χ0n) is 12.0. The van der Waals surface area contributed by atoms with Crippen LogP contribution in [0.3, 0.4) is 0 Å². The Morgan fingerprint density at radius 1 is 1.45 bits per heavy atom. The first-order chi connectivity index (χ1) is 9.45. The van der Waals surface area contributed by atoms with Crippen molar-refractivity contribution < 1.29 is 14.6 Å². The van der Waals surface area contributed by atoms with Crippen molar-refractivity contribution in [3.63, 3.8) is 0 Å². The highest BCUT2D eigenvalue weighted by Crippen LogP contribution is 2.22. The number of rotatable bonds is 3. The predicted molar refractivity (Wildman–Crippen MR) is 77.9 cm³/mol. The Bertz CT molecular complexity index is 518. The van der Waals surface area contributed by atoms with Crippen LogP contribution in [0.4, 0.5) is 5.82 Å². The SMILES string of the molecule is Cc1cc(/C=C/C(=O)O)cnc1N1C[C@@H](C)O[C@@H](C)C1. The molecule has 0 unspecified atom stereocenters. The summed E-state index contributed by atoms with van der Waals surface area (Å²) >= 11 is 0. The molecule has 1 fully saturated rings. The average Bonchev–Trinajstić information content (AvgIpc) is 2.35. The zero-order chi connectivity index (χ0) is 14.7. The van der Waals surface area contributed by atoms with Gasteiger partial charge >= 0.3 is 5.97 Å². The Hall–Kier alpha value is -1.88. The molecule has 1 saturated heterocycles. The van der Waals surface area contributed by atoms with Gasteiger partial charge in [-0.25, -0.2) is 9.78 Å². The summed E-state index contributed by atoms with van der Waals surface area (Å²) in [6, 6.07) is 1.95. The largest absolute Gasteiger partial charge is 0.478 e. The molecule has 2 atom stereocenters. The number of aryl methyl sites for hydroxylation is 1. The third-order valence-electron chi connectivity index (χ3n) is 3.21. The molecular weight excluding hydrogens is 256 g/mol. The van der Waals surface area contributed by atoms with E-state index in [2.05, 4.69) is 23.7 Å². The van der Waals surface area contributed by atoms with Crippen LogP contribution in [-0.4, -0.2) is 41.4 Å². The molecular formula is C15H20N2O3. The molecule has 2 heterocycles. The molecule has 0 aromatic carbocycles. The number of carboxylic acids is 1. The van der Waals surface area contributed by atoms with Crippen LogP contribution in [0.25, 0.3) is 6.08 Å². The number of hydrogen-bond donors (Lipinski definition) is 1. The molecule has 2 rings (SSSR count). The lowest BCUT2D eigenvalue weighted by Gasteiger charge is -2.36. The first kappa shape index (κ1) is 14.5. The van der Waals surface area contributed by atoms with Gasteiger partial charge in [0.2, 0.25) is 0 Å². The standard InChI is InChI=1S/C15H20N2O3/c1-10-6-13(4-5-14(18)19)7-16-15(10)17-8-11(2)20-12(3)9-17/h4-7,11-12H,8-9H2,1-3H3,(H,18,19)/b5-4+/t11-,12+. The van der Waals surface area contributed by atoms with Crippen LogP contribution in [0.2, 0.25) is 0 Å². The van der Waals surface area contributed by atoms with Gasteiger partial charge in [0.25, 0.3) is 0 Å². The molecule has 0 saturated carbocycles. The molecule has 0 radical (unpaired) electrons. The van der Waals surface area contributed by atoms with Crippen molar-refractivity contribution in [1.82, 2.24) is 4.98 Å². The maximum atomic E-state index is 10.5. The quantitative estimate of drug-likeness (QED) is 0.857. The highest BCUT2D eigenvalue weighted by molar-refractivity contribution is 5.85. The summed E-state index contributed by atoms with van der Waals surface area (Å²) in [7, 11) is 0. The number of hydrogen-bond acceptors (Lipinski definition) is 4. The van der Waals surface area contributed by atoms with Crippen molar-refractivity contribution in [2.45, 2.75) is 33.0 Å². The minimum atomic E-state index is -0.956. The lowest BCUT2D eigenvalue weighted by molar-refractivity contribution is -0.131. The third kappa shape index (κ3) is 3.57. The third-order valence-corrected chi connectivity index (χ3v) is 3.21. The Balaban J connectivity index is 2.19. The molecule has 0 bridgehead atoms. The van der Waals surface area contributed by atoms with Gasteiger partial charge in [-0.05, 0) is 44.0 Å². The fourth-order valence-electron chi connectivity index (χ4n) is 2.53. The number of anilines is 1. The number of nitrogens with zero attached hydrogens (tertiary/aromatic N) is 2. The molecule has 108 valence electrons. The van der Waals surface area contributed by atoms with Crippen LogP contribution in [0.5, 0.6) is 0 Å². The van der Waals surface area contributed by atoms with E-state index in [1.54, 1.807) is 12.3 Å². The van der Waals surface area contributed by atoms with Crippen molar-refractivity contribution in [3.05, 3.63) is 29.5 Å². The smallest absolute Gasteiger partial charge is 0.328 e. The second-order valence-electron chi connectivity index (χ2n) is 5.24.